The predicted octanol–water partition coefficient (Wildman–Crippen LogP) is 0.911. The van der Waals surface area contributed by atoms with Gasteiger partial charge >= 0.3 is 5.97 Å². The predicted molar refractivity (Wildman–Crippen MR) is 60.6 cm³/mol. The van der Waals surface area contributed by atoms with Gasteiger partial charge in [-0.1, -0.05) is 0 Å². The van der Waals surface area contributed by atoms with E-state index < -0.39 is 20.7 Å². The van der Waals surface area contributed by atoms with Crippen molar-refractivity contribution in [3.8, 4) is 0 Å². The van der Waals surface area contributed by atoms with Crippen molar-refractivity contribution in [1.29, 1.82) is 0 Å². The number of aliphatic carboxylic acids is 1. The lowest BCUT2D eigenvalue weighted by Crippen LogP contribution is -2.41. The molecule has 0 spiro atoms. The summed E-state index contributed by atoms with van der Waals surface area (Å²) in [5.41, 5.74) is 0. The molecule has 0 aliphatic carbocycles. The number of hydrogen-bond acceptors (Lipinski definition) is 3. The lowest BCUT2D eigenvalue weighted by Gasteiger charge is -2.26. The number of hydrogen-bond donors (Lipinski definition) is 1. The summed E-state index contributed by atoms with van der Waals surface area (Å²) in [4.78, 5) is 10.5. The zero-order chi connectivity index (χ0) is 12.6. The highest BCUT2D eigenvalue weighted by molar-refractivity contribution is 7.90. The Labute approximate surface area is 96.5 Å². The average Bonchev–Trinajstić information content (AvgIpc) is 2.49. The van der Waals surface area contributed by atoms with Gasteiger partial charge in [-0.3, -0.25) is 4.79 Å². The smallest absolute Gasteiger partial charge is 0.303 e. The first kappa shape index (κ1) is 13.4. The normalized spacial score (nSPS) is 23.6. The van der Waals surface area contributed by atoms with Crippen LogP contribution in [-0.2, 0) is 14.8 Å². The molecule has 94 valence electrons. The molecule has 1 aliphatic heterocycles. The van der Waals surface area contributed by atoms with E-state index >= 15 is 0 Å². The quantitative estimate of drug-likeness (QED) is 0.806. The summed E-state index contributed by atoms with van der Waals surface area (Å²) in [6.07, 6.45) is 0.692. The maximum Gasteiger partial charge on any atom is 0.303 e. The van der Waals surface area contributed by atoms with Crippen molar-refractivity contribution in [3.05, 3.63) is 0 Å². The van der Waals surface area contributed by atoms with E-state index in [1.165, 1.54) is 4.31 Å². The number of carboxylic acid groups (broad SMARTS) is 1. The first-order valence-corrected chi connectivity index (χ1v) is 6.80. The van der Waals surface area contributed by atoms with Gasteiger partial charge in [-0.15, -0.1) is 0 Å². The second kappa shape index (κ2) is 4.33. The largest absolute Gasteiger partial charge is 0.481 e. The van der Waals surface area contributed by atoms with Crippen LogP contribution < -0.4 is 0 Å². The van der Waals surface area contributed by atoms with Gasteiger partial charge in [-0.2, -0.15) is 0 Å². The second-order valence-electron chi connectivity index (χ2n) is 5.23. The van der Waals surface area contributed by atoms with Crippen molar-refractivity contribution in [2.75, 3.05) is 13.1 Å². The number of nitrogens with zero attached hydrogens (tertiary/aromatic N) is 1. The van der Waals surface area contributed by atoms with Crippen LogP contribution in [0.25, 0.3) is 0 Å². The van der Waals surface area contributed by atoms with Crippen LogP contribution in [-0.4, -0.2) is 41.6 Å². The Morgan fingerprint density at radius 2 is 2.00 bits per heavy atom. The first-order chi connectivity index (χ1) is 7.14. The summed E-state index contributed by atoms with van der Waals surface area (Å²) >= 11 is 0. The molecule has 0 aromatic heterocycles. The molecule has 1 N–H and O–H groups in total. The van der Waals surface area contributed by atoms with E-state index in [-0.39, 0.29) is 12.3 Å². The molecule has 0 amide bonds. The number of carbonyl (C=O) groups is 1. The first-order valence-electron chi connectivity index (χ1n) is 5.36. The molecule has 0 aromatic rings. The van der Waals surface area contributed by atoms with Crippen molar-refractivity contribution in [2.45, 2.75) is 38.4 Å². The molecule has 1 saturated heterocycles. The number of rotatable bonds is 3. The van der Waals surface area contributed by atoms with Crippen LogP contribution in [0.1, 0.15) is 33.6 Å². The van der Waals surface area contributed by atoms with E-state index in [1.54, 1.807) is 20.8 Å². The Kier molecular flexibility index (Phi) is 3.64. The van der Waals surface area contributed by atoms with Crippen molar-refractivity contribution in [3.63, 3.8) is 0 Å². The monoisotopic (exact) mass is 249 g/mol. The van der Waals surface area contributed by atoms with Gasteiger partial charge < -0.3 is 5.11 Å². The molecule has 1 heterocycles. The fourth-order valence-electron chi connectivity index (χ4n) is 1.82. The Balaban J connectivity index is 2.70. The molecule has 6 heteroatoms. The minimum Gasteiger partial charge on any atom is -0.481 e. The molecule has 16 heavy (non-hydrogen) atoms. The summed E-state index contributed by atoms with van der Waals surface area (Å²) in [6, 6.07) is 0. The van der Waals surface area contributed by atoms with Gasteiger partial charge in [0.25, 0.3) is 0 Å². The van der Waals surface area contributed by atoms with Gasteiger partial charge in [0.05, 0.1) is 4.75 Å². The maximum absolute atomic E-state index is 12.1. The molecule has 0 saturated carbocycles. The SMILES string of the molecule is CC(C)(C)S(=O)(=O)N1CCC(CC(=O)O)C1. The number of sulfonamides is 1. The molecular weight excluding hydrogens is 230 g/mol. The minimum absolute atomic E-state index is 0.0466. The molecule has 1 atom stereocenters. The van der Waals surface area contributed by atoms with Gasteiger partial charge in [-0.25, -0.2) is 12.7 Å². The van der Waals surface area contributed by atoms with Gasteiger partial charge in [0.15, 0.2) is 0 Å². The van der Waals surface area contributed by atoms with Crippen LogP contribution in [0.15, 0.2) is 0 Å². The van der Waals surface area contributed by atoms with E-state index in [9.17, 15) is 13.2 Å². The van der Waals surface area contributed by atoms with Crippen LogP contribution in [0.2, 0.25) is 0 Å². The van der Waals surface area contributed by atoms with Crippen molar-refractivity contribution in [2.24, 2.45) is 5.92 Å². The van der Waals surface area contributed by atoms with Crippen LogP contribution in [0.3, 0.4) is 0 Å². The van der Waals surface area contributed by atoms with Gasteiger partial charge in [0, 0.05) is 19.5 Å². The Morgan fingerprint density at radius 1 is 1.44 bits per heavy atom. The fourth-order valence-corrected chi connectivity index (χ4v) is 3.34. The molecule has 0 radical (unpaired) electrons. The summed E-state index contributed by atoms with van der Waals surface area (Å²) in [5.74, 6) is -0.908. The average molecular weight is 249 g/mol. The van der Waals surface area contributed by atoms with Crippen molar-refractivity contribution in [1.82, 2.24) is 4.31 Å². The summed E-state index contributed by atoms with van der Waals surface area (Å²) in [6.45, 7) is 5.76. The molecule has 0 bridgehead atoms. The van der Waals surface area contributed by atoms with Crippen LogP contribution in [0.5, 0.6) is 0 Å². The van der Waals surface area contributed by atoms with E-state index in [4.69, 9.17) is 5.11 Å². The molecule has 1 unspecified atom stereocenters. The summed E-state index contributed by atoms with van der Waals surface area (Å²) in [5, 5.41) is 8.65. The minimum atomic E-state index is -3.30. The fraction of sp³-hybridized carbons (Fsp3) is 0.900. The third-order valence-corrected chi connectivity index (χ3v) is 5.38. The molecule has 5 nitrogen and oxygen atoms in total. The van der Waals surface area contributed by atoms with Crippen LogP contribution >= 0.6 is 0 Å². The van der Waals surface area contributed by atoms with Crippen molar-refractivity contribution < 1.29 is 18.3 Å². The van der Waals surface area contributed by atoms with Gasteiger partial charge in [-0.05, 0) is 33.1 Å². The zero-order valence-corrected chi connectivity index (χ0v) is 10.7. The second-order valence-corrected chi connectivity index (χ2v) is 7.92. The standard InChI is InChI=1S/C10H19NO4S/c1-10(2,3)16(14,15)11-5-4-8(7-11)6-9(12)13/h8H,4-7H2,1-3H3,(H,12,13). The maximum atomic E-state index is 12.1. The van der Waals surface area contributed by atoms with E-state index in [1.807, 2.05) is 0 Å². The third-order valence-electron chi connectivity index (χ3n) is 2.83. The summed E-state index contributed by atoms with van der Waals surface area (Å²) < 4.78 is 24.7. The number of carboxylic acids is 1. The van der Waals surface area contributed by atoms with E-state index in [2.05, 4.69) is 0 Å². The molecule has 0 aromatic carbocycles. The topological polar surface area (TPSA) is 74.7 Å². The lowest BCUT2D eigenvalue weighted by molar-refractivity contribution is -0.137. The lowest BCUT2D eigenvalue weighted by atomic mass is 10.1. The highest BCUT2D eigenvalue weighted by Crippen LogP contribution is 2.28. The van der Waals surface area contributed by atoms with E-state index in [0.717, 1.165) is 0 Å². The Morgan fingerprint density at radius 3 is 2.44 bits per heavy atom. The highest BCUT2D eigenvalue weighted by atomic mass is 32.2. The van der Waals surface area contributed by atoms with Crippen molar-refractivity contribution >= 4 is 16.0 Å². The Hall–Kier alpha value is -0.620. The molecule has 1 aliphatic rings. The van der Waals surface area contributed by atoms with Crippen LogP contribution in [0.4, 0.5) is 0 Å². The zero-order valence-electron chi connectivity index (χ0n) is 9.93. The summed E-state index contributed by atoms with van der Waals surface area (Å²) in [7, 11) is -3.30. The van der Waals surface area contributed by atoms with E-state index in [0.29, 0.717) is 19.5 Å². The highest BCUT2D eigenvalue weighted by Gasteiger charge is 2.39. The van der Waals surface area contributed by atoms with Gasteiger partial charge in [0.1, 0.15) is 0 Å². The molecular formula is C10H19NO4S. The van der Waals surface area contributed by atoms with Crippen LogP contribution in [0, 0.1) is 5.92 Å². The third kappa shape index (κ3) is 2.74. The van der Waals surface area contributed by atoms with Gasteiger partial charge in [0.2, 0.25) is 10.0 Å². The molecule has 1 rings (SSSR count). The Bertz CT molecular complexity index is 369. The molecule has 1 fully saturated rings.